The van der Waals surface area contributed by atoms with Crippen LogP contribution in [0.4, 0.5) is 0 Å². The van der Waals surface area contributed by atoms with Crippen molar-refractivity contribution in [1.29, 1.82) is 0 Å². The molecule has 0 saturated heterocycles. The van der Waals surface area contributed by atoms with Crippen LogP contribution in [0.25, 0.3) is 0 Å². The average Bonchev–Trinajstić information content (AvgIpc) is 2.89. The Kier molecular flexibility index (Phi) is 4.37. The summed E-state index contributed by atoms with van der Waals surface area (Å²) < 4.78 is 5.73. The minimum absolute atomic E-state index is 0.0959. The zero-order valence-electron chi connectivity index (χ0n) is 13.9. The maximum Gasteiger partial charge on any atom is 0.229 e. The number of nitrogens with zero attached hydrogens (tertiary/aromatic N) is 2. The van der Waals surface area contributed by atoms with Crippen molar-refractivity contribution >= 4 is 5.91 Å². The van der Waals surface area contributed by atoms with Crippen LogP contribution >= 0.6 is 0 Å². The van der Waals surface area contributed by atoms with E-state index in [1.165, 1.54) is 5.56 Å². The van der Waals surface area contributed by atoms with Crippen LogP contribution in [0.2, 0.25) is 0 Å². The van der Waals surface area contributed by atoms with Gasteiger partial charge in [0.2, 0.25) is 5.91 Å². The molecule has 0 aliphatic carbocycles. The van der Waals surface area contributed by atoms with Gasteiger partial charge in [0.05, 0.1) is 11.6 Å². The number of para-hydroxylation sites is 1. The second kappa shape index (κ2) is 6.44. The summed E-state index contributed by atoms with van der Waals surface area (Å²) >= 11 is 0. The number of carbonyl (C=O) groups is 1. The van der Waals surface area contributed by atoms with Gasteiger partial charge in [-0.15, -0.1) is 0 Å². The van der Waals surface area contributed by atoms with E-state index in [0.29, 0.717) is 13.2 Å². The number of likely N-dealkylation sites (N-methyl/N-ethyl adjacent to an activating group) is 1. The summed E-state index contributed by atoms with van der Waals surface area (Å²) in [4.78, 5) is 14.5. The van der Waals surface area contributed by atoms with Crippen LogP contribution in [0, 0.1) is 19.8 Å². The fourth-order valence-electron chi connectivity index (χ4n) is 3.13. The topological polar surface area (TPSA) is 58.2 Å². The average molecular weight is 313 g/mol. The molecule has 3 rings (SSSR count). The molecule has 1 unspecified atom stereocenters. The van der Waals surface area contributed by atoms with Crippen LogP contribution in [0.3, 0.4) is 0 Å². The molecule has 1 amide bonds. The third-order valence-electron chi connectivity index (χ3n) is 4.58. The second-order valence-corrected chi connectivity index (χ2v) is 6.24. The molecule has 2 heterocycles. The Labute approximate surface area is 136 Å². The number of aryl methyl sites for hydroxylation is 2. The Morgan fingerprint density at radius 1 is 1.39 bits per heavy atom. The number of aromatic amines is 1. The quantitative estimate of drug-likeness (QED) is 0.942. The number of fused-ring (bicyclic) bond motifs is 1. The Morgan fingerprint density at radius 3 is 2.91 bits per heavy atom. The van der Waals surface area contributed by atoms with Crippen molar-refractivity contribution in [2.75, 3.05) is 20.2 Å². The Morgan fingerprint density at radius 2 is 2.17 bits per heavy atom. The van der Waals surface area contributed by atoms with Gasteiger partial charge in [-0.2, -0.15) is 5.10 Å². The van der Waals surface area contributed by atoms with Gasteiger partial charge in [-0.25, -0.2) is 0 Å². The number of nitrogens with one attached hydrogen (secondary N) is 1. The van der Waals surface area contributed by atoms with Crippen molar-refractivity contribution in [1.82, 2.24) is 15.1 Å². The molecule has 5 heteroatoms. The highest BCUT2D eigenvalue weighted by atomic mass is 16.5. The number of aromatic nitrogens is 2. The van der Waals surface area contributed by atoms with Crippen LogP contribution in [0.1, 0.15) is 22.5 Å². The molecule has 1 N–H and O–H groups in total. The highest BCUT2D eigenvalue weighted by Crippen LogP contribution is 2.27. The summed E-state index contributed by atoms with van der Waals surface area (Å²) in [6, 6.07) is 7.95. The molecule has 5 nitrogen and oxygen atoms in total. The lowest BCUT2D eigenvalue weighted by molar-refractivity contribution is -0.135. The van der Waals surface area contributed by atoms with Crippen LogP contribution in [-0.4, -0.2) is 41.2 Å². The van der Waals surface area contributed by atoms with Crippen molar-refractivity contribution < 1.29 is 9.53 Å². The molecular weight excluding hydrogens is 290 g/mol. The predicted molar refractivity (Wildman–Crippen MR) is 88.5 cm³/mol. The smallest absolute Gasteiger partial charge is 0.229 e. The fourth-order valence-corrected chi connectivity index (χ4v) is 3.13. The normalized spacial score (nSPS) is 16.6. The van der Waals surface area contributed by atoms with Crippen molar-refractivity contribution in [3.8, 4) is 5.75 Å². The molecule has 1 aromatic heterocycles. The van der Waals surface area contributed by atoms with E-state index < -0.39 is 0 Å². The maximum absolute atomic E-state index is 12.7. The first-order valence-electron chi connectivity index (χ1n) is 8.02. The lowest BCUT2D eigenvalue weighted by atomic mass is 9.95. The molecule has 23 heavy (non-hydrogen) atoms. The SMILES string of the molecule is Cc1n[nH]c(C)c1CCN(C)C(=O)C1COc2ccccc2C1. The van der Waals surface area contributed by atoms with Gasteiger partial charge in [0, 0.05) is 19.3 Å². The molecular formula is C18H23N3O2. The van der Waals surface area contributed by atoms with Gasteiger partial charge >= 0.3 is 0 Å². The number of benzene rings is 1. The molecule has 0 spiro atoms. The van der Waals surface area contributed by atoms with Gasteiger partial charge in [0.25, 0.3) is 0 Å². The predicted octanol–water partition coefficient (Wildman–Crippen LogP) is 2.28. The monoisotopic (exact) mass is 313 g/mol. The van der Waals surface area contributed by atoms with Gasteiger partial charge in [-0.05, 0) is 43.9 Å². The zero-order valence-corrected chi connectivity index (χ0v) is 13.9. The fraction of sp³-hybridized carbons (Fsp3) is 0.444. The minimum atomic E-state index is -0.0959. The summed E-state index contributed by atoms with van der Waals surface area (Å²) in [6.45, 7) is 5.16. The van der Waals surface area contributed by atoms with Crippen molar-refractivity contribution in [2.45, 2.75) is 26.7 Å². The van der Waals surface area contributed by atoms with E-state index in [2.05, 4.69) is 10.2 Å². The van der Waals surface area contributed by atoms with Crippen molar-refractivity contribution in [2.24, 2.45) is 5.92 Å². The van der Waals surface area contributed by atoms with Gasteiger partial charge in [0.1, 0.15) is 12.4 Å². The highest BCUT2D eigenvalue weighted by molar-refractivity contribution is 5.79. The van der Waals surface area contributed by atoms with E-state index in [4.69, 9.17) is 4.74 Å². The third-order valence-corrected chi connectivity index (χ3v) is 4.58. The Hall–Kier alpha value is -2.30. The van der Waals surface area contributed by atoms with E-state index in [1.54, 1.807) is 0 Å². The number of amides is 1. The third kappa shape index (κ3) is 3.23. The number of ether oxygens (including phenoxy) is 1. The van der Waals surface area contributed by atoms with E-state index in [0.717, 1.165) is 35.5 Å². The number of carbonyl (C=O) groups excluding carboxylic acids is 1. The van der Waals surface area contributed by atoms with E-state index in [-0.39, 0.29) is 11.8 Å². The Balaban J connectivity index is 1.60. The van der Waals surface area contributed by atoms with Crippen molar-refractivity contribution in [3.05, 3.63) is 46.8 Å². The molecule has 1 aromatic carbocycles. The van der Waals surface area contributed by atoms with Crippen LogP contribution in [0.5, 0.6) is 5.75 Å². The van der Waals surface area contributed by atoms with Crippen LogP contribution in [-0.2, 0) is 17.6 Å². The van der Waals surface area contributed by atoms with Gasteiger partial charge in [-0.1, -0.05) is 18.2 Å². The van der Waals surface area contributed by atoms with E-state index in [1.807, 2.05) is 50.1 Å². The number of rotatable bonds is 4. The zero-order chi connectivity index (χ0) is 16.4. The van der Waals surface area contributed by atoms with Crippen LogP contribution in [0.15, 0.2) is 24.3 Å². The molecule has 0 saturated carbocycles. The largest absolute Gasteiger partial charge is 0.492 e. The Bertz CT molecular complexity index is 689. The van der Waals surface area contributed by atoms with E-state index >= 15 is 0 Å². The minimum Gasteiger partial charge on any atom is -0.492 e. The van der Waals surface area contributed by atoms with Gasteiger partial charge < -0.3 is 9.64 Å². The summed E-state index contributed by atoms with van der Waals surface area (Å²) in [5.41, 5.74) is 4.42. The molecule has 0 bridgehead atoms. The first-order chi connectivity index (χ1) is 11.1. The highest BCUT2D eigenvalue weighted by Gasteiger charge is 2.28. The molecule has 0 radical (unpaired) electrons. The standard InChI is InChI=1S/C18H23N3O2/c1-12-16(13(2)20-19-12)8-9-21(3)18(22)15-10-14-6-4-5-7-17(14)23-11-15/h4-7,15H,8-11H2,1-3H3,(H,19,20). The van der Waals surface area contributed by atoms with Crippen molar-refractivity contribution in [3.63, 3.8) is 0 Å². The molecule has 0 fully saturated rings. The van der Waals surface area contributed by atoms with E-state index in [9.17, 15) is 4.79 Å². The number of hydrogen-bond acceptors (Lipinski definition) is 3. The maximum atomic E-state index is 12.7. The number of H-pyrrole nitrogens is 1. The first kappa shape index (κ1) is 15.6. The molecule has 122 valence electrons. The molecule has 1 aliphatic heterocycles. The summed E-state index contributed by atoms with van der Waals surface area (Å²) in [6.07, 6.45) is 1.57. The van der Waals surface area contributed by atoms with Gasteiger partial charge in [0.15, 0.2) is 0 Å². The first-order valence-corrected chi connectivity index (χ1v) is 8.02. The molecule has 1 aliphatic rings. The second-order valence-electron chi connectivity index (χ2n) is 6.24. The van der Waals surface area contributed by atoms with Crippen LogP contribution < -0.4 is 4.74 Å². The summed E-state index contributed by atoms with van der Waals surface area (Å²) in [5.74, 6) is 0.962. The lowest BCUT2D eigenvalue weighted by Gasteiger charge is -2.28. The summed E-state index contributed by atoms with van der Waals surface area (Å²) in [5, 5.41) is 7.20. The van der Waals surface area contributed by atoms with Gasteiger partial charge in [-0.3, -0.25) is 9.89 Å². The summed E-state index contributed by atoms with van der Waals surface area (Å²) in [7, 11) is 1.87. The molecule has 1 atom stereocenters. The number of hydrogen-bond donors (Lipinski definition) is 1. The molecule has 2 aromatic rings. The lowest BCUT2D eigenvalue weighted by Crippen LogP contribution is -2.39.